The minimum Gasteiger partial charge on any atom is -0.388 e. The normalized spacial score (nSPS) is 17.5. The van der Waals surface area contributed by atoms with Crippen LogP contribution in [-0.4, -0.2) is 16.3 Å². The highest BCUT2D eigenvalue weighted by Gasteiger charge is 2.37. The van der Waals surface area contributed by atoms with E-state index >= 15 is 0 Å². The van der Waals surface area contributed by atoms with Crippen LogP contribution in [0.15, 0.2) is 60.7 Å². The van der Waals surface area contributed by atoms with Gasteiger partial charge in [0.05, 0.1) is 5.38 Å². The van der Waals surface area contributed by atoms with Crippen molar-refractivity contribution in [3.63, 3.8) is 0 Å². The van der Waals surface area contributed by atoms with Crippen molar-refractivity contribution in [1.82, 2.24) is 0 Å². The van der Waals surface area contributed by atoms with Crippen LogP contribution >= 0.6 is 11.6 Å². The zero-order valence-corrected chi connectivity index (χ0v) is 11.5. The molecule has 2 aromatic rings. The molecule has 2 N–H and O–H groups in total. The van der Waals surface area contributed by atoms with Gasteiger partial charge < -0.3 is 10.2 Å². The van der Waals surface area contributed by atoms with Gasteiger partial charge in [-0.05, 0) is 18.1 Å². The molecular weight excluding hydrogens is 260 g/mol. The first kappa shape index (κ1) is 14.1. The van der Waals surface area contributed by atoms with Gasteiger partial charge in [0.1, 0.15) is 11.7 Å². The summed E-state index contributed by atoms with van der Waals surface area (Å²) in [5, 5.41) is 20.3. The van der Waals surface area contributed by atoms with Crippen LogP contribution in [0.2, 0.25) is 0 Å². The van der Waals surface area contributed by atoms with Gasteiger partial charge in [-0.3, -0.25) is 0 Å². The van der Waals surface area contributed by atoms with Gasteiger partial charge >= 0.3 is 0 Å². The molecular formula is C16H17ClO2. The Morgan fingerprint density at radius 3 is 1.95 bits per heavy atom. The highest BCUT2D eigenvalue weighted by molar-refractivity contribution is 6.21. The molecule has 0 radical (unpaired) electrons. The summed E-state index contributed by atoms with van der Waals surface area (Å²) in [6.07, 6.45) is -1.10. The Balaban J connectivity index is 2.26. The topological polar surface area (TPSA) is 40.5 Å². The van der Waals surface area contributed by atoms with Crippen LogP contribution in [0.3, 0.4) is 0 Å². The maximum absolute atomic E-state index is 10.6. The van der Waals surface area contributed by atoms with Crippen LogP contribution in [0.5, 0.6) is 0 Å². The minimum absolute atomic E-state index is 0.643. The zero-order valence-electron chi connectivity index (χ0n) is 10.7. The molecule has 3 atom stereocenters. The molecule has 0 fully saturated rings. The van der Waals surface area contributed by atoms with E-state index in [4.69, 9.17) is 11.6 Å². The summed E-state index contributed by atoms with van der Waals surface area (Å²) in [7, 11) is 0. The molecule has 2 nitrogen and oxygen atoms in total. The second-order valence-corrected chi connectivity index (χ2v) is 5.24. The van der Waals surface area contributed by atoms with Gasteiger partial charge in [-0.15, -0.1) is 11.6 Å². The van der Waals surface area contributed by atoms with Crippen molar-refractivity contribution in [3.05, 3.63) is 71.8 Å². The number of halogens is 1. The Labute approximate surface area is 118 Å². The van der Waals surface area contributed by atoms with Crippen molar-refractivity contribution in [1.29, 1.82) is 0 Å². The maximum atomic E-state index is 10.6. The number of aliphatic hydroxyl groups is 2. The van der Waals surface area contributed by atoms with Crippen LogP contribution in [0, 0.1) is 0 Å². The number of aliphatic hydroxyl groups excluding tert-OH is 1. The standard InChI is InChI=1S/C16H17ClO2/c1-16(19,13-10-6-3-7-11-13)15(18)14(17)12-8-4-2-5-9-12/h2-11,14-15,18-19H,1H3/t14-,15-,16+/m1/s1. The van der Waals surface area contributed by atoms with Gasteiger partial charge in [-0.2, -0.15) is 0 Å². The molecule has 0 aliphatic rings. The summed E-state index contributed by atoms with van der Waals surface area (Å²) in [5.41, 5.74) is 0.0284. The lowest BCUT2D eigenvalue weighted by molar-refractivity contribution is -0.0684. The van der Waals surface area contributed by atoms with Gasteiger partial charge in [0.2, 0.25) is 0 Å². The van der Waals surface area contributed by atoms with Crippen molar-refractivity contribution < 1.29 is 10.2 Å². The first-order valence-corrected chi connectivity index (χ1v) is 6.62. The minimum atomic E-state index is -1.40. The largest absolute Gasteiger partial charge is 0.388 e. The molecule has 0 aliphatic carbocycles. The van der Waals surface area contributed by atoms with E-state index in [-0.39, 0.29) is 0 Å². The zero-order chi connectivity index (χ0) is 13.9. The Morgan fingerprint density at radius 2 is 1.42 bits per heavy atom. The molecule has 0 aliphatic heterocycles. The van der Waals surface area contributed by atoms with E-state index < -0.39 is 17.1 Å². The van der Waals surface area contributed by atoms with Crippen molar-refractivity contribution in [2.75, 3.05) is 0 Å². The van der Waals surface area contributed by atoms with E-state index in [0.717, 1.165) is 5.56 Å². The quantitative estimate of drug-likeness (QED) is 0.842. The molecule has 2 rings (SSSR count). The number of benzene rings is 2. The second kappa shape index (κ2) is 5.74. The Hall–Kier alpha value is -1.35. The Morgan fingerprint density at radius 1 is 0.947 bits per heavy atom. The fraction of sp³-hybridized carbons (Fsp3) is 0.250. The van der Waals surface area contributed by atoms with E-state index in [2.05, 4.69) is 0 Å². The van der Waals surface area contributed by atoms with E-state index in [1.54, 1.807) is 19.1 Å². The number of alkyl halides is 1. The summed E-state index contributed by atoms with van der Waals surface area (Å²) < 4.78 is 0. The fourth-order valence-corrected chi connectivity index (χ4v) is 2.44. The van der Waals surface area contributed by atoms with E-state index in [1.165, 1.54) is 0 Å². The molecule has 3 heteroatoms. The van der Waals surface area contributed by atoms with Crippen LogP contribution in [0.4, 0.5) is 0 Å². The molecule has 19 heavy (non-hydrogen) atoms. The third-order valence-corrected chi connectivity index (χ3v) is 3.82. The molecule has 0 amide bonds. The predicted molar refractivity (Wildman–Crippen MR) is 77.1 cm³/mol. The van der Waals surface area contributed by atoms with Crippen molar-refractivity contribution in [3.8, 4) is 0 Å². The summed E-state index contributed by atoms with van der Waals surface area (Å²) in [6.45, 7) is 1.57. The molecule has 100 valence electrons. The summed E-state index contributed by atoms with van der Waals surface area (Å²) in [6, 6.07) is 18.3. The molecule has 0 aromatic heterocycles. The van der Waals surface area contributed by atoms with Crippen LogP contribution in [-0.2, 0) is 5.60 Å². The molecule has 0 bridgehead atoms. The summed E-state index contributed by atoms with van der Waals surface area (Å²) >= 11 is 6.28. The number of hydrogen-bond donors (Lipinski definition) is 2. The summed E-state index contributed by atoms with van der Waals surface area (Å²) in [5.74, 6) is 0. The number of rotatable bonds is 4. The van der Waals surface area contributed by atoms with Gasteiger partial charge in [0.15, 0.2) is 0 Å². The van der Waals surface area contributed by atoms with Crippen molar-refractivity contribution >= 4 is 11.6 Å². The highest BCUT2D eigenvalue weighted by atomic mass is 35.5. The first-order valence-electron chi connectivity index (χ1n) is 6.18. The molecule has 0 heterocycles. The second-order valence-electron chi connectivity index (χ2n) is 4.77. The molecule has 0 saturated carbocycles. The highest BCUT2D eigenvalue weighted by Crippen LogP contribution is 2.35. The SMILES string of the molecule is C[C@](O)(c1ccccc1)[C@H](O)[C@H](Cl)c1ccccc1. The van der Waals surface area contributed by atoms with Gasteiger partial charge in [0.25, 0.3) is 0 Å². The molecule has 0 spiro atoms. The van der Waals surface area contributed by atoms with Gasteiger partial charge in [-0.1, -0.05) is 60.7 Å². The van der Waals surface area contributed by atoms with Gasteiger partial charge in [0, 0.05) is 0 Å². The smallest absolute Gasteiger partial charge is 0.114 e. The third-order valence-electron chi connectivity index (χ3n) is 3.33. The average molecular weight is 277 g/mol. The van der Waals surface area contributed by atoms with Crippen LogP contribution < -0.4 is 0 Å². The third kappa shape index (κ3) is 2.98. The average Bonchev–Trinajstić information content (AvgIpc) is 2.47. The van der Waals surface area contributed by atoms with E-state index in [0.29, 0.717) is 5.56 Å². The van der Waals surface area contributed by atoms with Crippen molar-refractivity contribution in [2.45, 2.75) is 24.0 Å². The summed E-state index contributed by atoms with van der Waals surface area (Å²) in [4.78, 5) is 0. The van der Waals surface area contributed by atoms with Crippen molar-refractivity contribution in [2.24, 2.45) is 0 Å². The lowest BCUT2D eigenvalue weighted by atomic mass is 9.86. The maximum Gasteiger partial charge on any atom is 0.114 e. The lowest BCUT2D eigenvalue weighted by Crippen LogP contribution is -2.39. The molecule has 0 unspecified atom stereocenters. The predicted octanol–water partition coefficient (Wildman–Crippen LogP) is 3.24. The Bertz CT molecular complexity index is 511. The van der Waals surface area contributed by atoms with Crippen LogP contribution in [0.25, 0.3) is 0 Å². The van der Waals surface area contributed by atoms with E-state index in [1.807, 2.05) is 48.5 Å². The van der Waals surface area contributed by atoms with Gasteiger partial charge in [-0.25, -0.2) is 0 Å². The Kier molecular flexibility index (Phi) is 4.25. The monoisotopic (exact) mass is 276 g/mol. The molecule has 0 saturated heterocycles. The lowest BCUT2D eigenvalue weighted by Gasteiger charge is -2.32. The van der Waals surface area contributed by atoms with Crippen LogP contribution in [0.1, 0.15) is 23.4 Å². The molecule has 2 aromatic carbocycles. The number of hydrogen-bond acceptors (Lipinski definition) is 2. The van der Waals surface area contributed by atoms with E-state index in [9.17, 15) is 10.2 Å². The fourth-order valence-electron chi connectivity index (χ4n) is 2.05. The first-order chi connectivity index (χ1) is 9.03.